The van der Waals surface area contributed by atoms with Crippen LogP contribution < -0.4 is 36.4 Å². The first-order valence-corrected chi connectivity index (χ1v) is 22.5. The Morgan fingerprint density at radius 1 is 0.714 bits per heavy atom. The maximum Gasteiger partial charge on any atom is 0.251 e. The molecule has 18 heteroatoms. The van der Waals surface area contributed by atoms with Crippen LogP contribution in [0, 0.1) is 13.8 Å². The first kappa shape index (κ1) is 49.7. The van der Waals surface area contributed by atoms with Crippen molar-refractivity contribution in [3.05, 3.63) is 155 Å². The molecule has 0 radical (unpaired) electrons. The van der Waals surface area contributed by atoms with E-state index in [4.69, 9.17) is 19.9 Å². The van der Waals surface area contributed by atoms with Crippen molar-refractivity contribution in [1.82, 2.24) is 41.8 Å². The van der Waals surface area contributed by atoms with Crippen molar-refractivity contribution in [1.29, 1.82) is 0 Å². The van der Waals surface area contributed by atoms with Gasteiger partial charge in [-0.2, -0.15) is 0 Å². The minimum absolute atomic E-state index is 0.0551. The Kier molecular flexibility index (Phi) is 15.8. The van der Waals surface area contributed by atoms with E-state index in [1.54, 1.807) is 65.6 Å². The first-order valence-electron chi connectivity index (χ1n) is 22.5. The van der Waals surface area contributed by atoms with E-state index in [0.29, 0.717) is 48.8 Å². The van der Waals surface area contributed by atoms with Crippen molar-refractivity contribution in [2.45, 2.75) is 70.2 Å². The average molecular weight is 951 g/mol. The number of amides is 6. The second-order valence-corrected chi connectivity index (χ2v) is 17.4. The van der Waals surface area contributed by atoms with Gasteiger partial charge in [0.15, 0.2) is 0 Å². The average Bonchev–Trinajstić information content (AvgIpc) is 3.66. The fourth-order valence-corrected chi connectivity index (χ4v) is 8.65. The molecule has 6 amide bonds. The number of ether oxygens (including phenoxy) is 2. The lowest BCUT2D eigenvalue weighted by molar-refractivity contribution is -0.132. The van der Waals surface area contributed by atoms with Crippen LogP contribution in [0.25, 0.3) is 21.8 Å². The van der Waals surface area contributed by atoms with Gasteiger partial charge in [0.25, 0.3) is 11.8 Å². The summed E-state index contributed by atoms with van der Waals surface area (Å²) in [5.74, 6) is -1.30. The number of nitrogens with one attached hydrogen (secondary N) is 5. The van der Waals surface area contributed by atoms with E-state index in [2.05, 4.69) is 32.5 Å². The number of hydrogen-bond donors (Lipinski definition) is 7. The molecule has 2 aliphatic rings. The fraction of sp³-hybridized carbons (Fsp3) is 0.269. The zero-order valence-electron chi connectivity index (χ0n) is 38.7. The highest BCUT2D eigenvalue weighted by Gasteiger charge is 2.45. The van der Waals surface area contributed by atoms with Crippen LogP contribution in [0.2, 0.25) is 0 Å². The number of aryl methyl sites for hydroxylation is 2. The molecule has 70 heavy (non-hydrogen) atoms. The molecular formula is C52H54N8O10. The largest absolute Gasteiger partial charge is 0.489 e. The Morgan fingerprint density at radius 2 is 1.19 bits per heavy atom. The number of para-hydroxylation sites is 2. The number of piperidine rings is 1. The van der Waals surface area contributed by atoms with E-state index in [9.17, 15) is 28.8 Å². The van der Waals surface area contributed by atoms with Crippen LogP contribution in [0.5, 0.6) is 11.5 Å². The molecule has 2 unspecified atom stereocenters. The van der Waals surface area contributed by atoms with Gasteiger partial charge in [-0.15, -0.1) is 6.58 Å². The third-order valence-corrected chi connectivity index (χ3v) is 12.0. The van der Waals surface area contributed by atoms with Gasteiger partial charge in [0.1, 0.15) is 24.7 Å². The molecule has 4 aromatic carbocycles. The van der Waals surface area contributed by atoms with Gasteiger partial charge in [0.05, 0.1) is 41.4 Å². The van der Waals surface area contributed by atoms with E-state index < -0.39 is 28.8 Å². The Morgan fingerprint density at radius 3 is 1.64 bits per heavy atom. The van der Waals surface area contributed by atoms with Crippen LogP contribution in [-0.2, 0) is 32.4 Å². The van der Waals surface area contributed by atoms with Crippen LogP contribution in [0.3, 0.4) is 0 Å². The zero-order valence-corrected chi connectivity index (χ0v) is 38.7. The molecule has 2 aromatic heterocycles. The molecule has 0 saturated carbocycles. The molecular weight excluding hydrogens is 897 g/mol. The van der Waals surface area contributed by atoms with Crippen LogP contribution in [0.15, 0.2) is 122 Å². The highest BCUT2D eigenvalue weighted by atomic mass is 16.5. The minimum atomic E-state index is -1.14. The summed E-state index contributed by atoms with van der Waals surface area (Å²) in [4.78, 5) is 84.2. The second-order valence-electron chi connectivity index (χ2n) is 17.4. The predicted octanol–water partition coefficient (Wildman–Crippen LogP) is 5.30. The van der Waals surface area contributed by atoms with Crippen LogP contribution in [0.1, 0.15) is 75.3 Å². The molecule has 2 atom stereocenters. The minimum Gasteiger partial charge on any atom is -0.489 e. The molecule has 4 heterocycles. The van der Waals surface area contributed by atoms with E-state index in [0.717, 1.165) is 44.3 Å². The smallest absolute Gasteiger partial charge is 0.251 e. The molecule has 6 aromatic rings. The van der Waals surface area contributed by atoms with Gasteiger partial charge in [-0.1, -0.05) is 42.5 Å². The Bertz CT molecular complexity index is 2920. The zero-order chi connectivity index (χ0) is 49.8. The maximum atomic E-state index is 13.0. The van der Waals surface area contributed by atoms with E-state index >= 15 is 0 Å². The third kappa shape index (κ3) is 12.5. The number of hydrogen-bond acceptors (Lipinski definition) is 12. The van der Waals surface area contributed by atoms with Crippen LogP contribution >= 0.6 is 0 Å². The van der Waals surface area contributed by atoms with Crippen LogP contribution in [0.4, 0.5) is 0 Å². The van der Waals surface area contributed by atoms with Gasteiger partial charge in [-0.25, -0.2) is 11.0 Å². The number of rotatable bonds is 16. The standard InChI is InChI=1S/C27H28N4O5.C25H26N4O5/c1-3-12-31-17-27(15-25(31)33,14-24(32)30-35)29-26(34)19-8-10-21(11-9-19)36-16-20-13-18(2)28-23-7-5-4-6-22(20)23;1-16-12-18(20-4-2-3-5-21(20)27-16)14-34-19-8-6-17(7-9-19)24(32)28-25(13-23(31)29-33)11-10-22(30)26-15-25/h3-11,13,35H,1,12,14-17H2,2H3,(H,29,34)(H,30,32);2-9,12,33H,10-11,13-15H2,1H3,(H,26,30)(H,28,32)(H,29,31). The van der Waals surface area contributed by atoms with Crippen molar-refractivity contribution in [2.24, 2.45) is 0 Å². The van der Waals surface area contributed by atoms with Gasteiger partial charge >= 0.3 is 0 Å². The van der Waals surface area contributed by atoms with Crippen molar-refractivity contribution in [3.63, 3.8) is 0 Å². The van der Waals surface area contributed by atoms with Gasteiger partial charge in [-0.05, 0) is 93.1 Å². The molecule has 8 rings (SSSR count). The molecule has 362 valence electrons. The number of likely N-dealkylation sites (tertiary alicyclic amines) is 1. The highest BCUT2D eigenvalue weighted by molar-refractivity contribution is 5.97. The molecule has 7 N–H and O–H groups in total. The summed E-state index contributed by atoms with van der Waals surface area (Å²) in [6.07, 6.45) is 1.59. The lowest BCUT2D eigenvalue weighted by atomic mass is 9.85. The molecule has 18 nitrogen and oxygen atoms in total. The number of pyridine rings is 2. The number of nitrogens with zero attached hydrogens (tertiary/aromatic N) is 3. The Hall–Kier alpha value is -8.22. The molecule has 0 spiro atoms. The summed E-state index contributed by atoms with van der Waals surface area (Å²) in [6, 6.07) is 33.1. The summed E-state index contributed by atoms with van der Waals surface area (Å²) in [6.45, 7) is 8.76. The Labute approximate surface area is 403 Å². The Balaban J connectivity index is 0.000000207. The summed E-state index contributed by atoms with van der Waals surface area (Å²) in [5.41, 5.74) is 7.46. The number of benzene rings is 4. The van der Waals surface area contributed by atoms with Gasteiger partial charge < -0.3 is 30.3 Å². The molecule has 2 saturated heterocycles. The van der Waals surface area contributed by atoms with Crippen LogP contribution in [-0.4, -0.2) is 91.4 Å². The first-order chi connectivity index (χ1) is 33.7. The van der Waals surface area contributed by atoms with Crippen molar-refractivity contribution in [2.75, 3.05) is 19.6 Å². The van der Waals surface area contributed by atoms with Crippen molar-refractivity contribution >= 4 is 57.2 Å². The topological polar surface area (TPSA) is 251 Å². The predicted molar refractivity (Wildman–Crippen MR) is 258 cm³/mol. The lowest BCUT2D eigenvalue weighted by Crippen LogP contribution is -2.60. The van der Waals surface area contributed by atoms with Gasteiger partial charge in [-0.3, -0.25) is 49.1 Å². The molecule has 2 fully saturated rings. The van der Waals surface area contributed by atoms with Gasteiger partial charge in [0, 0.05) is 70.5 Å². The number of aromatic nitrogens is 2. The van der Waals surface area contributed by atoms with E-state index in [1.807, 2.05) is 74.5 Å². The normalized spacial score (nSPS) is 17.4. The third-order valence-electron chi connectivity index (χ3n) is 12.0. The van der Waals surface area contributed by atoms with E-state index in [-0.39, 0.29) is 56.5 Å². The van der Waals surface area contributed by atoms with Crippen molar-refractivity contribution in [3.8, 4) is 11.5 Å². The SMILES string of the molecule is C=CCN1CC(CC(=O)NO)(NC(=O)c2ccc(OCc3cc(C)nc4ccccc34)cc2)CC1=O.Cc1cc(COc2ccc(C(=O)NC3(CC(=O)NO)CCC(=O)NC3)cc2)c2ccccc2n1. The van der Waals surface area contributed by atoms with Gasteiger partial charge in [0.2, 0.25) is 23.6 Å². The van der Waals surface area contributed by atoms with E-state index in [1.165, 1.54) is 4.90 Å². The lowest BCUT2D eigenvalue weighted by Gasteiger charge is -2.37. The number of hydroxylamine groups is 2. The molecule has 0 bridgehead atoms. The summed E-state index contributed by atoms with van der Waals surface area (Å²) in [7, 11) is 0. The fourth-order valence-electron chi connectivity index (χ4n) is 8.65. The highest BCUT2D eigenvalue weighted by Crippen LogP contribution is 2.28. The number of fused-ring (bicyclic) bond motifs is 2. The second kappa shape index (κ2) is 22.3. The number of carbonyl (C=O) groups is 6. The maximum absolute atomic E-state index is 13.0. The summed E-state index contributed by atoms with van der Waals surface area (Å²) in [5, 5.41) is 28.3. The molecule has 2 aliphatic heterocycles. The monoisotopic (exact) mass is 950 g/mol. The van der Waals surface area contributed by atoms with Crippen molar-refractivity contribution < 1.29 is 48.7 Å². The molecule has 0 aliphatic carbocycles. The summed E-state index contributed by atoms with van der Waals surface area (Å²) >= 11 is 0. The summed E-state index contributed by atoms with van der Waals surface area (Å²) < 4.78 is 11.9. The quantitative estimate of drug-likeness (QED) is 0.0371. The number of carbonyl (C=O) groups excluding carboxylic acids is 6.